The van der Waals surface area contributed by atoms with E-state index in [2.05, 4.69) is 25.2 Å². The van der Waals surface area contributed by atoms with Crippen LogP contribution in [0, 0.1) is 0 Å². The van der Waals surface area contributed by atoms with Crippen LogP contribution in [0.1, 0.15) is 36.5 Å². The number of carbonyl (C=O) groups is 1. The number of pyridine rings is 1. The zero-order valence-electron chi connectivity index (χ0n) is 17.4. The highest BCUT2D eigenvalue weighted by Gasteiger charge is 2.14. The van der Waals surface area contributed by atoms with Crippen molar-refractivity contribution in [3.63, 3.8) is 0 Å². The highest BCUT2D eigenvalue weighted by molar-refractivity contribution is 6.04. The van der Waals surface area contributed by atoms with Crippen LogP contribution in [0.5, 0.6) is 6.01 Å². The molecule has 4 rings (SSSR count). The summed E-state index contributed by atoms with van der Waals surface area (Å²) >= 11 is 0. The van der Waals surface area contributed by atoms with Crippen LogP contribution in [0.25, 0.3) is 11.3 Å². The Kier molecular flexibility index (Phi) is 6.26. The molecule has 3 aromatic rings. The van der Waals surface area contributed by atoms with Crippen LogP contribution in [0.15, 0.2) is 53.6 Å². The fourth-order valence-electron chi connectivity index (χ4n) is 3.59. The molecule has 0 spiro atoms. The summed E-state index contributed by atoms with van der Waals surface area (Å²) in [7, 11) is 0. The third kappa shape index (κ3) is 4.91. The highest BCUT2D eigenvalue weighted by Crippen LogP contribution is 2.22. The van der Waals surface area contributed by atoms with Crippen molar-refractivity contribution in [3.8, 4) is 17.3 Å². The van der Waals surface area contributed by atoms with Crippen LogP contribution in [0.2, 0.25) is 0 Å². The molecule has 8 nitrogen and oxygen atoms in total. The molecule has 1 saturated heterocycles. The van der Waals surface area contributed by atoms with E-state index >= 15 is 0 Å². The van der Waals surface area contributed by atoms with Gasteiger partial charge in [0.1, 0.15) is 5.69 Å². The van der Waals surface area contributed by atoms with E-state index in [-0.39, 0.29) is 23.2 Å². The van der Waals surface area contributed by atoms with Crippen molar-refractivity contribution >= 4 is 17.3 Å². The first kappa shape index (κ1) is 20.6. The number of piperidine rings is 1. The molecule has 0 aliphatic carbocycles. The van der Waals surface area contributed by atoms with E-state index < -0.39 is 0 Å². The maximum atomic E-state index is 12.7. The van der Waals surface area contributed by atoms with Gasteiger partial charge in [0.15, 0.2) is 0 Å². The molecule has 31 heavy (non-hydrogen) atoms. The van der Waals surface area contributed by atoms with E-state index in [1.54, 1.807) is 36.7 Å². The van der Waals surface area contributed by atoms with Crippen molar-refractivity contribution in [2.24, 2.45) is 0 Å². The third-order valence-corrected chi connectivity index (χ3v) is 5.20. The summed E-state index contributed by atoms with van der Waals surface area (Å²) in [6.45, 7) is 4.39. The lowest BCUT2D eigenvalue weighted by Crippen LogP contribution is -2.29. The molecule has 0 atom stereocenters. The number of nitrogens with zero attached hydrogens (tertiary/aromatic N) is 3. The minimum absolute atomic E-state index is 0.152. The number of rotatable bonds is 6. The van der Waals surface area contributed by atoms with Crippen LogP contribution >= 0.6 is 0 Å². The molecule has 0 unspecified atom stereocenters. The van der Waals surface area contributed by atoms with Crippen LogP contribution in [0.3, 0.4) is 0 Å². The average molecular weight is 419 g/mol. The van der Waals surface area contributed by atoms with Gasteiger partial charge in [-0.25, -0.2) is 4.98 Å². The number of hydrogen-bond donors (Lipinski definition) is 2. The Morgan fingerprint density at radius 1 is 1.16 bits per heavy atom. The predicted octanol–water partition coefficient (Wildman–Crippen LogP) is 3.47. The molecule has 0 bridgehead atoms. The standard InChI is InChI=1S/C23H25N5O3/c1-2-31-23-24-11-10-19(27-23)17-14-20(22(30)25-15-17)26-21(29)16-6-8-18(9-7-16)28-12-4-3-5-13-28/h6-11,14-15H,2-5,12-13H2,1H3,(H,25,30)(H,26,29). The van der Waals surface area contributed by atoms with Gasteiger partial charge in [-0.3, -0.25) is 9.59 Å². The van der Waals surface area contributed by atoms with Crippen molar-refractivity contribution in [2.75, 3.05) is 29.9 Å². The number of benzene rings is 1. The third-order valence-electron chi connectivity index (χ3n) is 5.20. The molecule has 1 fully saturated rings. The molecule has 2 N–H and O–H groups in total. The fourth-order valence-corrected chi connectivity index (χ4v) is 3.59. The summed E-state index contributed by atoms with van der Waals surface area (Å²) in [5.74, 6) is -0.342. The molecule has 0 radical (unpaired) electrons. The Bertz CT molecular complexity index is 1100. The van der Waals surface area contributed by atoms with Gasteiger partial charge in [-0.05, 0) is 62.6 Å². The average Bonchev–Trinajstić information content (AvgIpc) is 2.81. The summed E-state index contributed by atoms with van der Waals surface area (Å²) in [6, 6.07) is 11.0. The summed E-state index contributed by atoms with van der Waals surface area (Å²) in [4.78, 5) is 38.3. The van der Waals surface area contributed by atoms with E-state index in [9.17, 15) is 9.59 Å². The predicted molar refractivity (Wildman–Crippen MR) is 120 cm³/mol. The molecule has 160 valence electrons. The molecule has 8 heteroatoms. The molecule has 1 aliphatic rings. The van der Waals surface area contributed by atoms with Crippen LogP contribution < -0.4 is 20.5 Å². The molecular weight excluding hydrogens is 394 g/mol. The minimum atomic E-state index is -0.388. The van der Waals surface area contributed by atoms with E-state index in [0.717, 1.165) is 18.8 Å². The quantitative estimate of drug-likeness (QED) is 0.635. The van der Waals surface area contributed by atoms with Gasteiger partial charge >= 0.3 is 6.01 Å². The van der Waals surface area contributed by atoms with Gasteiger partial charge in [-0.2, -0.15) is 4.98 Å². The Morgan fingerprint density at radius 2 is 1.94 bits per heavy atom. The first-order valence-electron chi connectivity index (χ1n) is 10.5. The number of ether oxygens (including phenoxy) is 1. The molecule has 0 saturated carbocycles. The lowest BCUT2D eigenvalue weighted by Gasteiger charge is -2.28. The van der Waals surface area contributed by atoms with Crippen molar-refractivity contribution in [1.82, 2.24) is 15.0 Å². The first-order valence-corrected chi connectivity index (χ1v) is 10.5. The topological polar surface area (TPSA) is 100 Å². The van der Waals surface area contributed by atoms with Crippen LogP contribution in [-0.2, 0) is 0 Å². The SMILES string of the molecule is CCOc1nccc(-c2c[nH]c(=O)c(NC(=O)c3ccc(N4CCCCC4)cc3)c2)n1. The van der Waals surface area contributed by atoms with Crippen molar-refractivity contribution in [3.05, 3.63) is 64.7 Å². The van der Waals surface area contributed by atoms with Gasteiger partial charge in [0.05, 0.1) is 12.3 Å². The number of nitrogens with one attached hydrogen (secondary N) is 2. The van der Waals surface area contributed by atoms with E-state index in [1.165, 1.54) is 19.3 Å². The van der Waals surface area contributed by atoms with Gasteiger partial charge in [0.2, 0.25) is 0 Å². The summed E-state index contributed by atoms with van der Waals surface area (Å²) in [5, 5.41) is 2.70. The smallest absolute Gasteiger partial charge is 0.316 e. The number of carbonyl (C=O) groups excluding carboxylic acids is 1. The maximum absolute atomic E-state index is 12.7. The summed E-state index contributed by atoms with van der Waals surface area (Å²) in [5.41, 5.74) is 2.59. The van der Waals surface area contributed by atoms with E-state index in [4.69, 9.17) is 4.74 Å². The minimum Gasteiger partial charge on any atom is -0.464 e. The van der Waals surface area contributed by atoms with Crippen LogP contribution in [-0.4, -0.2) is 40.6 Å². The number of aromatic nitrogens is 3. The Balaban J connectivity index is 1.51. The van der Waals surface area contributed by atoms with Gasteiger partial charge in [-0.1, -0.05) is 0 Å². The number of hydrogen-bond acceptors (Lipinski definition) is 6. The number of aromatic amines is 1. The normalized spacial score (nSPS) is 13.6. The summed E-state index contributed by atoms with van der Waals surface area (Å²) in [6.07, 6.45) is 6.79. The lowest BCUT2D eigenvalue weighted by atomic mass is 10.1. The van der Waals surface area contributed by atoms with Gasteiger partial charge in [0, 0.05) is 42.3 Å². The second kappa shape index (κ2) is 9.42. The number of H-pyrrole nitrogens is 1. The monoisotopic (exact) mass is 419 g/mol. The zero-order chi connectivity index (χ0) is 21.6. The molecule has 1 amide bonds. The van der Waals surface area contributed by atoms with Crippen molar-refractivity contribution < 1.29 is 9.53 Å². The second-order valence-corrected chi connectivity index (χ2v) is 7.34. The molecule has 1 aromatic carbocycles. The van der Waals surface area contributed by atoms with E-state index in [1.807, 2.05) is 19.1 Å². The molecule has 2 aromatic heterocycles. The lowest BCUT2D eigenvalue weighted by molar-refractivity contribution is 0.102. The molecule has 1 aliphatic heterocycles. The largest absolute Gasteiger partial charge is 0.464 e. The van der Waals surface area contributed by atoms with E-state index in [0.29, 0.717) is 23.4 Å². The van der Waals surface area contributed by atoms with Gasteiger partial charge in [0.25, 0.3) is 11.5 Å². The fraction of sp³-hybridized carbons (Fsp3) is 0.304. The molecule has 3 heterocycles. The van der Waals surface area contributed by atoms with Crippen molar-refractivity contribution in [1.29, 1.82) is 0 Å². The highest BCUT2D eigenvalue weighted by atomic mass is 16.5. The maximum Gasteiger partial charge on any atom is 0.316 e. The van der Waals surface area contributed by atoms with Crippen LogP contribution in [0.4, 0.5) is 11.4 Å². The zero-order valence-corrected chi connectivity index (χ0v) is 17.4. The van der Waals surface area contributed by atoms with Gasteiger partial charge < -0.3 is 19.9 Å². The molecular formula is C23H25N5O3. The Labute approximate surface area is 180 Å². The summed E-state index contributed by atoms with van der Waals surface area (Å²) < 4.78 is 5.33. The van der Waals surface area contributed by atoms with Gasteiger partial charge in [-0.15, -0.1) is 0 Å². The Morgan fingerprint density at radius 3 is 2.68 bits per heavy atom. The van der Waals surface area contributed by atoms with Crippen molar-refractivity contribution in [2.45, 2.75) is 26.2 Å². The Hall–Kier alpha value is -3.68. The number of amides is 1. The first-order chi connectivity index (χ1) is 15.1. The second-order valence-electron chi connectivity index (χ2n) is 7.34. The number of anilines is 2.